The first-order valence-electron chi connectivity index (χ1n) is 19.4. The van der Waals surface area contributed by atoms with Gasteiger partial charge in [-0.3, -0.25) is 0 Å². The molecule has 5 atom stereocenters. The lowest BCUT2D eigenvalue weighted by atomic mass is 9.62. The zero-order valence-corrected chi connectivity index (χ0v) is 37.8. The van der Waals surface area contributed by atoms with E-state index in [0.29, 0.717) is 11.8 Å². The predicted octanol–water partition coefficient (Wildman–Crippen LogP) is 13.5. The number of allylic oxidation sites excluding steroid dienone is 5. The molecule has 0 amide bonds. The topological polar surface area (TPSA) is 27.7 Å². The number of hydrogen-bond acceptors (Lipinski definition) is 3. The lowest BCUT2D eigenvalue weighted by Gasteiger charge is -2.45. The molecular formula is C42H78O3Si3. The number of rotatable bonds is 12. The highest BCUT2D eigenvalue weighted by molar-refractivity contribution is 6.74. The molecular weight excluding hydrogens is 637 g/mol. The molecule has 3 nitrogen and oxygen atoms in total. The fraction of sp³-hybridized carbons (Fsp3) is 0.810. The second-order valence-corrected chi connectivity index (χ2v) is 34.7. The summed E-state index contributed by atoms with van der Waals surface area (Å²) < 4.78 is 20.7. The number of fused-ring (bicyclic) bond motifs is 1. The molecule has 48 heavy (non-hydrogen) atoms. The first-order chi connectivity index (χ1) is 21.6. The molecule has 0 aliphatic heterocycles. The molecule has 0 spiro atoms. The Morgan fingerprint density at radius 1 is 0.917 bits per heavy atom. The third-order valence-electron chi connectivity index (χ3n) is 12.9. The summed E-state index contributed by atoms with van der Waals surface area (Å²) in [6.45, 7) is 44.9. The smallest absolute Gasteiger partial charge is 0.192 e. The molecule has 0 aromatic heterocycles. The molecule has 0 saturated heterocycles. The number of hydrogen-bond donors (Lipinski definition) is 0. The maximum Gasteiger partial charge on any atom is 0.192 e. The summed E-state index contributed by atoms with van der Waals surface area (Å²) in [5, 5.41) is 0.332. The van der Waals surface area contributed by atoms with Crippen molar-refractivity contribution in [3.05, 3.63) is 47.1 Å². The fourth-order valence-electron chi connectivity index (χ4n) is 8.25. The maximum atomic E-state index is 7.11. The SMILES string of the molecule is C=C1/C(=C\C=C2/CCC[C@]3(C)C([C@H](C)CCCC(C)(C)O[Si](C)(C)C)=CC[C@@H]23)C[C@H](O[Si](C)(C)C(C)(C)C)C[C@H]1O[Si](C)(C)C(C)(C)C. The molecule has 2 saturated carbocycles. The Balaban J connectivity index is 1.82. The molecule has 0 heterocycles. The Bertz CT molecular complexity index is 1230. The van der Waals surface area contributed by atoms with Crippen molar-refractivity contribution in [1.82, 2.24) is 0 Å². The van der Waals surface area contributed by atoms with Gasteiger partial charge in [-0.25, -0.2) is 0 Å². The van der Waals surface area contributed by atoms with E-state index >= 15 is 0 Å². The van der Waals surface area contributed by atoms with Gasteiger partial charge in [0.2, 0.25) is 0 Å². The maximum absolute atomic E-state index is 7.11. The van der Waals surface area contributed by atoms with Gasteiger partial charge < -0.3 is 13.3 Å². The largest absolute Gasteiger partial charge is 0.413 e. The Morgan fingerprint density at radius 2 is 1.50 bits per heavy atom. The van der Waals surface area contributed by atoms with E-state index in [4.69, 9.17) is 19.9 Å². The lowest BCUT2D eigenvalue weighted by Crippen LogP contribution is -2.49. The van der Waals surface area contributed by atoms with Gasteiger partial charge >= 0.3 is 0 Å². The van der Waals surface area contributed by atoms with Crippen molar-refractivity contribution in [3.8, 4) is 0 Å². The summed E-state index contributed by atoms with van der Waals surface area (Å²) in [7, 11) is -5.46. The Labute approximate surface area is 302 Å². The van der Waals surface area contributed by atoms with E-state index in [-0.39, 0.29) is 33.3 Å². The average Bonchev–Trinajstić information content (AvgIpc) is 3.24. The first-order valence-corrected chi connectivity index (χ1v) is 28.7. The van der Waals surface area contributed by atoms with Gasteiger partial charge in [0.25, 0.3) is 0 Å². The fourth-order valence-corrected chi connectivity index (χ4v) is 12.7. The molecule has 0 unspecified atom stereocenters. The third kappa shape index (κ3) is 10.3. The zero-order chi connectivity index (χ0) is 36.7. The van der Waals surface area contributed by atoms with E-state index in [1.165, 1.54) is 49.7 Å². The van der Waals surface area contributed by atoms with Gasteiger partial charge in [0.1, 0.15) is 0 Å². The van der Waals surface area contributed by atoms with E-state index in [0.717, 1.165) is 19.3 Å². The van der Waals surface area contributed by atoms with Gasteiger partial charge in [-0.15, -0.1) is 0 Å². The van der Waals surface area contributed by atoms with Crippen molar-refractivity contribution in [1.29, 1.82) is 0 Å². The van der Waals surface area contributed by atoms with Crippen LogP contribution in [0.25, 0.3) is 0 Å². The predicted molar refractivity (Wildman–Crippen MR) is 218 cm³/mol. The van der Waals surface area contributed by atoms with Crippen molar-refractivity contribution in [2.24, 2.45) is 17.3 Å². The minimum absolute atomic E-state index is 0.0254. The van der Waals surface area contributed by atoms with Crippen molar-refractivity contribution < 1.29 is 13.3 Å². The molecule has 3 rings (SSSR count). The zero-order valence-electron chi connectivity index (χ0n) is 34.8. The van der Waals surface area contributed by atoms with Gasteiger partial charge in [0.05, 0.1) is 17.8 Å². The Morgan fingerprint density at radius 3 is 2.06 bits per heavy atom. The van der Waals surface area contributed by atoms with Gasteiger partial charge in [-0.1, -0.05) is 97.8 Å². The minimum Gasteiger partial charge on any atom is -0.413 e. The highest BCUT2D eigenvalue weighted by Crippen LogP contribution is 2.57. The minimum atomic E-state index is -1.98. The second-order valence-electron chi connectivity index (χ2n) is 20.8. The second kappa shape index (κ2) is 14.8. The molecule has 3 aliphatic carbocycles. The summed E-state index contributed by atoms with van der Waals surface area (Å²) in [6, 6.07) is 0. The van der Waals surface area contributed by atoms with Crippen molar-refractivity contribution in [2.45, 2.75) is 201 Å². The molecule has 276 valence electrons. The summed E-state index contributed by atoms with van der Waals surface area (Å²) in [5.74, 6) is 1.24. The standard InChI is InChI=1S/C42H78O3Si3/c1-31(21-19-27-41(9,10)45-46(12,13)14)36-25-26-37-33(22-20-28-42(36,37)11)23-24-34-29-35(43-47(15,16)39(3,4)5)30-38(32(34)2)44-48(17,18)40(6,7)8/h23-25,31,35,37-38H,2,19-22,26-30H2,1,3-18H3/b33-23+,34-24-/t31-,35+,37+,38-,42-/m1/s1. The van der Waals surface area contributed by atoms with Gasteiger partial charge in [-0.05, 0) is 143 Å². The molecule has 0 bridgehead atoms. The molecule has 3 aliphatic rings. The Hall–Kier alpha value is -0.509. The third-order valence-corrected chi connectivity index (χ3v) is 23.1. The van der Waals surface area contributed by atoms with Crippen LogP contribution in [0.3, 0.4) is 0 Å². The van der Waals surface area contributed by atoms with Crippen LogP contribution < -0.4 is 0 Å². The van der Waals surface area contributed by atoms with Crippen LogP contribution in [0.5, 0.6) is 0 Å². The molecule has 0 N–H and O–H groups in total. The molecule has 6 heteroatoms. The molecule has 0 radical (unpaired) electrons. The first kappa shape index (κ1) is 41.9. The van der Waals surface area contributed by atoms with E-state index in [9.17, 15) is 0 Å². The average molecular weight is 715 g/mol. The molecule has 2 fully saturated rings. The van der Waals surface area contributed by atoms with E-state index < -0.39 is 25.0 Å². The lowest BCUT2D eigenvalue weighted by molar-refractivity contribution is 0.0868. The highest BCUT2D eigenvalue weighted by atomic mass is 28.4. The van der Waals surface area contributed by atoms with Crippen molar-refractivity contribution in [3.63, 3.8) is 0 Å². The van der Waals surface area contributed by atoms with Crippen LogP contribution in [0.15, 0.2) is 47.1 Å². The van der Waals surface area contributed by atoms with Crippen molar-refractivity contribution in [2.75, 3.05) is 0 Å². The van der Waals surface area contributed by atoms with E-state index in [2.05, 4.69) is 133 Å². The van der Waals surface area contributed by atoms with Gasteiger partial charge in [-0.2, -0.15) is 0 Å². The quantitative estimate of drug-likeness (QED) is 0.149. The van der Waals surface area contributed by atoms with E-state index in [1.54, 1.807) is 11.1 Å². The van der Waals surface area contributed by atoms with Crippen LogP contribution in [0, 0.1) is 17.3 Å². The van der Waals surface area contributed by atoms with Crippen molar-refractivity contribution >= 4 is 25.0 Å². The van der Waals surface area contributed by atoms with Crippen LogP contribution in [0.4, 0.5) is 0 Å². The summed E-state index contributed by atoms with van der Waals surface area (Å²) in [6.07, 6.45) is 18.2. The van der Waals surface area contributed by atoms with Crippen LogP contribution in [-0.2, 0) is 13.3 Å². The summed E-state index contributed by atoms with van der Waals surface area (Å²) >= 11 is 0. The van der Waals surface area contributed by atoms with Gasteiger partial charge in [0.15, 0.2) is 25.0 Å². The van der Waals surface area contributed by atoms with E-state index in [1.807, 2.05) is 0 Å². The Kier molecular flexibility index (Phi) is 13.0. The highest BCUT2D eigenvalue weighted by Gasteiger charge is 2.47. The molecule has 0 aromatic carbocycles. The summed E-state index contributed by atoms with van der Waals surface area (Å²) in [4.78, 5) is 0. The normalized spacial score (nSPS) is 29.0. The van der Waals surface area contributed by atoms with Crippen LogP contribution in [0.1, 0.15) is 127 Å². The monoisotopic (exact) mass is 715 g/mol. The van der Waals surface area contributed by atoms with Crippen LogP contribution in [-0.4, -0.2) is 42.8 Å². The van der Waals surface area contributed by atoms with Crippen LogP contribution >= 0.6 is 0 Å². The van der Waals surface area contributed by atoms with Gasteiger partial charge in [0, 0.05) is 6.42 Å². The molecule has 0 aromatic rings. The van der Waals surface area contributed by atoms with Crippen LogP contribution in [0.2, 0.25) is 55.9 Å². The summed E-state index contributed by atoms with van der Waals surface area (Å²) in [5.41, 5.74) is 6.14.